The van der Waals surface area contributed by atoms with Gasteiger partial charge in [0.2, 0.25) is 0 Å². The molecular weight excluding hydrogens is 167 g/mol. The first kappa shape index (κ1) is 9.03. The summed E-state index contributed by atoms with van der Waals surface area (Å²) in [6.07, 6.45) is -0.338. The third kappa shape index (κ3) is 1.75. The number of nitrogens with zero attached hydrogens (tertiary/aromatic N) is 1. The summed E-state index contributed by atoms with van der Waals surface area (Å²) in [6, 6.07) is 0. The van der Waals surface area contributed by atoms with Crippen molar-refractivity contribution in [2.45, 2.75) is 20.0 Å². The van der Waals surface area contributed by atoms with Crippen LogP contribution in [0.4, 0.5) is 13.2 Å². The van der Waals surface area contributed by atoms with Gasteiger partial charge in [0.05, 0.1) is 4.99 Å². The summed E-state index contributed by atoms with van der Waals surface area (Å²) < 4.78 is 36.0. The van der Waals surface area contributed by atoms with Crippen LogP contribution in [-0.4, -0.2) is 12.4 Å². The molecule has 0 unspecified atom stereocenters. The van der Waals surface area contributed by atoms with E-state index in [1.165, 1.54) is 6.92 Å². The van der Waals surface area contributed by atoms with Crippen molar-refractivity contribution in [1.82, 2.24) is 4.99 Å². The van der Waals surface area contributed by atoms with Crippen LogP contribution in [0.3, 0.4) is 0 Å². The Labute approximate surface area is 68.3 Å². The fourth-order valence-corrected chi connectivity index (χ4v) is 0.664. The lowest BCUT2D eigenvalue weighted by Crippen LogP contribution is -2.18. The third-order valence-corrected chi connectivity index (χ3v) is 1.47. The Hall–Kier alpha value is -1.06. The molecule has 0 atom stereocenters. The SMILES string of the molecule is CC1=C(C)[N+]=[C]C(C(F)(F)F)=[C]1. The minimum atomic E-state index is -4.40. The minimum Gasteiger partial charge on any atom is -0.166 e. The van der Waals surface area contributed by atoms with Gasteiger partial charge >= 0.3 is 12.4 Å². The maximum absolute atomic E-state index is 12.0. The first-order chi connectivity index (χ1) is 5.41. The molecule has 1 rings (SSSR count). The molecule has 0 saturated carbocycles. The number of halogens is 3. The highest BCUT2D eigenvalue weighted by molar-refractivity contribution is 5.81. The van der Waals surface area contributed by atoms with E-state index in [1.807, 2.05) is 6.21 Å². The van der Waals surface area contributed by atoms with Crippen molar-refractivity contribution in [3.05, 3.63) is 22.9 Å². The highest BCUT2D eigenvalue weighted by atomic mass is 19.4. The molecule has 1 heterocycles. The van der Waals surface area contributed by atoms with Crippen molar-refractivity contribution >= 4 is 6.21 Å². The number of hydrogen-bond acceptors (Lipinski definition) is 1. The number of alkyl halides is 3. The van der Waals surface area contributed by atoms with Gasteiger partial charge in [0.1, 0.15) is 5.57 Å². The molecular formula is C8H6F3N+. The lowest BCUT2D eigenvalue weighted by atomic mass is 10.1. The summed E-state index contributed by atoms with van der Waals surface area (Å²) >= 11 is 0. The first-order valence-corrected chi connectivity index (χ1v) is 3.26. The Kier molecular flexibility index (Phi) is 2.08. The van der Waals surface area contributed by atoms with Gasteiger partial charge in [-0.3, -0.25) is 0 Å². The molecule has 1 aliphatic rings. The van der Waals surface area contributed by atoms with Gasteiger partial charge in [0.15, 0.2) is 0 Å². The predicted molar refractivity (Wildman–Crippen MR) is 38.3 cm³/mol. The molecule has 0 spiro atoms. The van der Waals surface area contributed by atoms with E-state index >= 15 is 0 Å². The van der Waals surface area contributed by atoms with Crippen LogP contribution in [0, 0.1) is 6.08 Å². The predicted octanol–water partition coefficient (Wildman–Crippen LogP) is 1.87. The molecule has 0 saturated heterocycles. The smallest absolute Gasteiger partial charge is 0.166 e. The molecule has 1 nitrogen and oxygen atoms in total. The van der Waals surface area contributed by atoms with Crippen LogP contribution in [-0.2, 0) is 0 Å². The highest BCUT2D eigenvalue weighted by Gasteiger charge is 2.38. The number of aliphatic imine (C=N–C) groups is 1. The summed E-state index contributed by atoms with van der Waals surface area (Å²) in [5, 5.41) is 0. The second-order valence-electron chi connectivity index (χ2n) is 2.43. The molecule has 1 aliphatic heterocycles. The quantitative estimate of drug-likeness (QED) is 0.531. The number of allylic oxidation sites excluding steroid dienone is 4. The van der Waals surface area contributed by atoms with Crippen LogP contribution < -0.4 is 4.99 Å². The largest absolute Gasteiger partial charge is 0.423 e. The molecule has 0 aromatic carbocycles. The van der Waals surface area contributed by atoms with Crippen molar-refractivity contribution in [2.24, 2.45) is 0 Å². The van der Waals surface area contributed by atoms with Crippen LogP contribution in [0.2, 0.25) is 0 Å². The maximum Gasteiger partial charge on any atom is 0.423 e. The molecule has 4 heteroatoms. The van der Waals surface area contributed by atoms with Gasteiger partial charge in [-0.2, -0.15) is 13.2 Å². The lowest BCUT2D eigenvalue weighted by Gasteiger charge is -2.03. The molecule has 0 fully saturated rings. The molecule has 0 aromatic rings. The molecule has 0 aromatic heterocycles. The zero-order valence-corrected chi connectivity index (χ0v) is 6.58. The Morgan fingerprint density at radius 1 is 1.25 bits per heavy atom. The van der Waals surface area contributed by atoms with E-state index in [9.17, 15) is 13.2 Å². The average molecular weight is 173 g/mol. The Balaban J connectivity index is 3.02. The highest BCUT2D eigenvalue weighted by Crippen LogP contribution is 2.26. The normalized spacial score (nSPS) is 18.2. The van der Waals surface area contributed by atoms with Crippen LogP contribution in [0.15, 0.2) is 16.8 Å². The standard InChI is InChI=1S/C8H6F3N/c1-5-3-7(8(9,10)11)4-12-6(5)2/h1-2H3/q+1. The molecule has 63 valence electrons. The van der Waals surface area contributed by atoms with Gasteiger partial charge in [-0.25, -0.2) is 0 Å². The summed E-state index contributed by atoms with van der Waals surface area (Å²) in [7, 11) is 0. The van der Waals surface area contributed by atoms with E-state index in [0.717, 1.165) is 0 Å². The molecule has 12 heavy (non-hydrogen) atoms. The van der Waals surface area contributed by atoms with Crippen molar-refractivity contribution in [1.29, 1.82) is 0 Å². The van der Waals surface area contributed by atoms with E-state index in [0.29, 0.717) is 11.3 Å². The summed E-state index contributed by atoms with van der Waals surface area (Å²) in [5.74, 6) is 0. The van der Waals surface area contributed by atoms with E-state index < -0.39 is 11.7 Å². The van der Waals surface area contributed by atoms with Gasteiger partial charge in [0.25, 0.3) is 5.70 Å². The van der Waals surface area contributed by atoms with Gasteiger partial charge in [-0.15, -0.1) is 0 Å². The summed E-state index contributed by atoms with van der Waals surface area (Å²) in [4.78, 5) is 3.47. The topological polar surface area (TPSA) is 14.1 Å². The maximum atomic E-state index is 12.0. The second kappa shape index (κ2) is 2.77. The second-order valence-corrected chi connectivity index (χ2v) is 2.43. The minimum absolute atomic E-state index is 0.404. The van der Waals surface area contributed by atoms with E-state index in [2.05, 4.69) is 11.1 Å². The van der Waals surface area contributed by atoms with Crippen LogP contribution in [0.5, 0.6) is 0 Å². The van der Waals surface area contributed by atoms with Gasteiger partial charge in [-0.1, -0.05) is 0 Å². The van der Waals surface area contributed by atoms with Crippen molar-refractivity contribution in [3.63, 3.8) is 0 Å². The molecule has 0 N–H and O–H groups in total. The zero-order valence-electron chi connectivity index (χ0n) is 6.58. The first-order valence-electron chi connectivity index (χ1n) is 3.26. The molecule has 3 radical (unpaired) electrons. The Morgan fingerprint density at radius 3 is 2.25 bits per heavy atom. The van der Waals surface area contributed by atoms with Gasteiger partial charge < -0.3 is 0 Å². The van der Waals surface area contributed by atoms with Crippen molar-refractivity contribution < 1.29 is 13.2 Å². The number of rotatable bonds is 0. The lowest BCUT2D eigenvalue weighted by molar-refractivity contribution is -0.0861. The Bertz CT molecular complexity index is 281. The molecule has 0 aliphatic carbocycles. The van der Waals surface area contributed by atoms with Gasteiger partial charge in [0, 0.05) is 18.6 Å². The summed E-state index contributed by atoms with van der Waals surface area (Å²) in [5.41, 5.74) is -0.0188. The fourth-order valence-electron chi connectivity index (χ4n) is 0.664. The summed E-state index contributed by atoms with van der Waals surface area (Å²) in [6.45, 7) is 3.15. The molecule has 0 amide bonds. The van der Waals surface area contributed by atoms with Crippen LogP contribution in [0.25, 0.3) is 0 Å². The van der Waals surface area contributed by atoms with Crippen molar-refractivity contribution in [3.8, 4) is 0 Å². The Morgan fingerprint density at radius 2 is 1.83 bits per heavy atom. The van der Waals surface area contributed by atoms with Crippen LogP contribution in [0.1, 0.15) is 13.8 Å². The van der Waals surface area contributed by atoms with Crippen molar-refractivity contribution in [2.75, 3.05) is 0 Å². The monoisotopic (exact) mass is 173 g/mol. The zero-order chi connectivity index (χ0) is 9.35. The van der Waals surface area contributed by atoms with Gasteiger partial charge in [-0.05, 0) is 6.92 Å². The third-order valence-electron chi connectivity index (χ3n) is 1.47. The fraction of sp³-hybridized carbons (Fsp3) is 0.375. The van der Waals surface area contributed by atoms with E-state index in [-0.39, 0.29) is 0 Å². The number of hydrogen-bond donors (Lipinski definition) is 0. The van der Waals surface area contributed by atoms with E-state index in [4.69, 9.17) is 0 Å². The molecule has 0 bridgehead atoms. The van der Waals surface area contributed by atoms with Crippen LogP contribution >= 0.6 is 0 Å². The van der Waals surface area contributed by atoms with E-state index in [1.54, 1.807) is 6.92 Å². The average Bonchev–Trinajstić information content (AvgIpc) is 1.92.